The van der Waals surface area contributed by atoms with E-state index < -0.39 is 0 Å². The number of likely N-dealkylation sites (N-methyl/N-ethyl adjacent to an activating group) is 1. The lowest BCUT2D eigenvalue weighted by Crippen LogP contribution is -2.47. The maximum absolute atomic E-state index is 13.6. The Hall–Kier alpha value is -4.86. The Labute approximate surface area is 270 Å². The predicted molar refractivity (Wildman–Crippen MR) is 180 cm³/mol. The molecule has 3 amide bonds. The number of carbonyl (C=O) groups excluding carboxylic acids is 2. The van der Waals surface area contributed by atoms with Gasteiger partial charge in [-0.3, -0.25) is 9.69 Å². The van der Waals surface area contributed by atoms with Crippen LogP contribution in [0.25, 0.3) is 0 Å². The number of aliphatic hydroxyl groups is 1. The van der Waals surface area contributed by atoms with Crippen molar-refractivity contribution in [1.29, 1.82) is 0 Å². The maximum Gasteiger partial charge on any atom is 0.323 e. The molecule has 9 heteroatoms. The van der Waals surface area contributed by atoms with E-state index in [1.165, 1.54) is 0 Å². The van der Waals surface area contributed by atoms with Gasteiger partial charge in [-0.25, -0.2) is 4.79 Å². The van der Waals surface area contributed by atoms with Crippen molar-refractivity contribution in [2.75, 3.05) is 37.4 Å². The lowest BCUT2D eigenvalue weighted by Gasteiger charge is -2.34. The molecule has 0 spiro atoms. The number of nitrogens with one attached hydrogen (secondary N) is 2. The number of anilines is 2. The molecule has 0 radical (unpaired) electrons. The third-order valence-electron chi connectivity index (χ3n) is 8.05. The van der Waals surface area contributed by atoms with E-state index in [0.29, 0.717) is 42.3 Å². The van der Waals surface area contributed by atoms with Crippen LogP contribution in [0.5, 0.6) is 17.2 Å². The van der Waals surface area contributed by atoms with E-state index >= 15 is 0 Å². The maximum atomic E-state index is 13.6. The highest BCUT2D eigenvalue weighted by atomic mass is 16.5. The van der Waals surface area contributed by atoms with Crippen LogP contribution in [0.1, 0.15) is 25.0 Å². The second-order valence-corrected chi connectivity index (χ2v) is 11.9. The van der Waals surface area contributed by atoms with Gasteiger partial charge in [-0.15, -0.1) is 0 Å². The first-order chi connectivity index (χ1) is 22.3. The molecule has 0 unspecified atom stereocenters. The Morgan fingerprint density at radius 3 is 2.30 bits per heavy atom. The minimum atomic E-state index is -0.384. The summed E-state index contributed by atoms with van der Waals surface area (Å²) in [4.78, 5) is 30.2. The standard InChI is InChI=1S/C37H42N4O5/c1-26-22-41(27(2)25-42)36(43)21-29-20-31(39-37(44)38-30-10-6-4-7-11-30)16-19-34(29)46-35(26)24-40(3)23-28-14-17-33(18-15-28)45-32-12-8-5-9-13-32/h4-20,26-27,35,42H,21-25H2,1-3H3,(H2,38,39,44)/t26-,27-,35+/m1/s1. The van der Waals surface area contributed by atoms with Crippen molar-refractivity contribution in [3.63, 3.8) is 0 Å². The quantitative estimate of drug-likeness (QED) is 0.189. The number of hydrogen-bond donors (Lipinski definition) is 3. The summed E-state index contributed by atoms with van der Waals surface area (Å²) in [5.41, 5.74) is 3.03. The highest BCUT2D eigenvalue weighted by Crippen LogP contribution is 2.30. The fourth-order valence-corrected chi connectivity index (χ4v) is 5.51. The number of benzene rings is 4. The van der Waals surface area contributed by atoms with Gasteiger partial charge in [0, 0.05) is 42.5 Å². The SMILES string of the molecule is C[C@@H]1CN([C@H](C)CO)C(=O)Cc2cc(NC(=O)Nc3ccccc3)ccc2O[C@H]1CN(C)Cc1ccc(Oc2ccccc2)cc1. The highest BCUT2D eigenvalue weighted by Gasteiger charge is 2.31. The Morgan fingerprint density at radius 1 is 0.957 bits per heavy atom. The van der Waals surface area contributed by atoms with Crippen molar-refractivity contribution < 1.29 is 24.2 Å². The van der Waals surface area contributed by atoms with Crippen molar-refractivity contribution in [3.8, 4) is 17.2 Å². The van der Waals surface area contributed by atoms with Crippen LogP contribution < -0.4 is 20.1 Å². The zero-order valence-corrected chi connectivity index (χ0v) is 26.6. The van der Waals surface area contributed by atoms with Crippen LogP contribution in [0.4, 0.5) is 16.2 Å². The number of hydrogen-bond acceptors (Lipinski definition) is 6. The van der Waals surface area contributed by atoms with E-state index in [2.05, 4.69) is 41.6 Å². The molecule has 1 aliphatic heterocycles. The number of urea groups is 1. The van der Waals surface area contributed by atoms with Crippen LogP contribution in [-0.2, 0) is 17.8 Å². The fraction of sp³-hybridized carbons (Fsp3) is 0.297. The smallest absolute Gasteiger partial charge is 0.323 e. The van der Waals surface area contributed by atoms with Gasteiger partial charge < -0.3 is 30.1 Å². The summed E-state index contributed by atoms with van der Waals surface area (Å²) in [7, 11) is 2.05. The molecular formula is C37H42N4O5. The van der Waals surface area contributed by atoms with Crippen LogP contribution in [0.15, 0.2) is 103 Å². The summed E-state index contributed by atoms with van der Waals surface area (Å²) in [5.74, 6) is 2.05. The number of rotatable bonds is 10. The minimum absolute atomic E-state index is 0.0255. The molecule has 0 aliphatic carbocycles. The van der Waals surface area contributed by atoms with Crippen LogP contribution in [0.3, 0.4) is 0 Å². The number of aliphatic hydroxyl groups excluding tert-OH is 1. The summed E-state index contributed by atoms with van der Waals surface area (Å²) in [6.45, 7) is 5.54. The summed E-state index contributed by atoms with van der Waals surface area (Å²) in [5, 5.41) is 15.6. The normalized spacial score (nSPS) is 17.2. The van der Waals surface area contributed by atoms with E-state index in [-0.39, 0.29) is 43.0 Å². The van der Waals surface area contributed by atoms with Gasteiger partial charge in [0.25, 0.3) is 0 Å². The molecule has 5 rings (SSSR count). The van der Waals surface area contributed by atoms with E-state index in [1.807, 2.05) is 73.7 Å². The van der Waals surface area contributed by atoms with Gasteiger partial charge in [-0.05, 0) is 74.1 Å². The monoisotopic (exact) mass is 622 g/mol. The largest absolute Gasteiger partial charge is 0.488 e. The van der Waals surface area contributed by atoms with Crippen molar-refractivity contribution >= 4 is 23.3 Å². The number of ether oxygens (including phenoxy) is 2. The molecule has 3 N–H and O–H groups in total. The molecule has 9 nitrogen and oxygen atoms in total. The lowest BCUT2D eigenvalue weighted by molar-refractivity contribution is -0.134. The van der Waals surface area contributed by atoms with E-state index in [1.54, 1.807) is 29.2 Å². The minimum Gasteiger partial charge on any atom is -0.488 e. The third-order valence-corrected chi connectivity index (χ3v) is 8.05. The summed E-state index contributed by atoms with van der Waals surface area (Å²) < 4.78 is 12.6. The number of para-hydroxylation sites is 2. The molecule has 46 heavy (non-hydrogen) atoms. The van der Waals surface area contributed by atoms with Crippen LogP contribution in [-0.4, -0.2) is 65.7 Å². The number of amides is 3. The van der Waals surface area contributed by atoms with Gasteiger partial charge in [0.2, 0.25) is 5.91 Å². The molecule has 4 aromatic rings. The van der Waals surface area contributed by atoms with Crippen LogP contribution >= 0.6 is 0 Å². The lowest BCUT2D eigenvalue weighted by atomic mass is 10.0. The van der Waals surface area contributed by atoms with Crippen molar-refractivity contribution in [2.45, 2.75) is 39.0 Å². The molecule has 240 valence electrons. The summed E-state index contributed by atoms with van der Waals surface area (Å²) >= 11 is 0. The molecule has 0 saturated heterocycles. The van der Waals surface area contributed by atoms with Crippen LogP contribution in [0.2, 0.25) is 0 Å². The molecule has 0 bridgehead atoms. The first-order valence-electron chi connectivity index (χ1n) is 15.6. The first kappa shape index (κ1) is 32.5. The average Bonchev–Trinajstić information content (AvgIpc) is 3.09. The van der Waals surface area contributed by atoms with Gasteiger partial charge >= 0.3 is 6.03 Å². The van der Waals surface area contributed by atoms with Gasteiger partial charge in [-0.1, -0.05) is 55.5 Å². The molecule has 0 saturated carbocycles. The Morgan fingerprint density at radius 2 is 1.61 bits per heavy atom. The second kappa shape index (κ2) is 15.4. The van der Waals surface area contributed by atoms with Crippen molar-refractivity contribution in [3.05, 3.63) is 114 Å². The molecule has 1 aliphatic rings. The van der Waals surface area contributed by atoms with E-state index in [9.17, 15) is 14.7 Å². The molecule has 3 atom stereocenters. The fourth-order valence-electron chi connectivity index (χ4n) is 5.51. The zero-order valence-electron chi connectivity index (χ0n) is 26.6. The molecule has 1 heterocycles. The molecule has 0 fully saturated rings. The third kappa shape index (κ3) is 8.87. The van der Waals surface area contributed by atoms with Crippen molar-refractivity contribution in [2.24, 2.45) is 5.92 Å². The zero-order chi connectivity index (χ0) is 32.5. The van der Waals surface area contributed by atoms with Gasteiger partial charge in [0.15, 0.2) is 0 Å². The average molecular weight is 623 g/mol. The number of fused-ring (bicyclic) bond motifs is 1. The molecule has 4 aromatic carbocycles. The molecule has 0 aromatic heterocycles. The van der Waals surface area contributed by atoms with E-state index in [0.717, 1.165) is 17.1 Å². The van der Waals surface area contributed by atoms with Gasteiger partial charge in [0.1, 0.15) is 23.4 Å². The van der Waals surface area contributed by atoms with Gasteiger partial charge in [0.05, 0.1) is 19.1 Å². The number of nitrogens with zero attached hydrogens (tertiary/aromatic N) is 2. The van der Waals surface area contributed by atoms with E-state index in [4.69, 9.17) is 9.47 Å². The Kier molecular flexibility index (Phi) is 10.9. The Balaban J connectivity index is 1.30. The van der Waals surface area contributed by atoms with Gasteiger partial charge in [-0.2, -0.15) is 0 Å². The first-order valence-corrected chi connectivity index (χ1v) is 15.6. The summed E-state index contributed by atoms with van der Waals surface area (Å²) in [6.07, 6.45) is -0.161. The highest BCUT2D eigenvalue weighted by molar-refractivity contribution is 5.99. The topological polar surface area (TPSA) is 103 Å². The second-order valence-electron chi connectivity index (χ2n) is 11.9. The predicted octanol–water partition coefficient (Wildman–Crippen LogP) is 6.40. The summed E-state index contributed by atoms with van der Waals surface area (Å²) in [6, 6.07) is 31.6. The Bertz CT molecular complexity index is 1580. The number of carbonyl (C=O) groups is 2. The van der Waals surface area contributed by atoms with Crippen molar-refractivity contribution in [1.82, 2.24) is 9.80 Å². The van der Waals surface area contributed by atoms with Crippen LogP contribution in [0, 0.1) is 5.92 Å². The molecular weight excluding hydrogens is 580 g/mol.